The summed E-state index contributed by atoms with van der Waals surface area (Å²) >= 11 is 0. The summed E-state index contributed by atoms with van der Waals surface area (Å²) in [7, 11) is 0. The summed E-state index contributed by atoms with van der Waals surface area (Å²) in [5, 5.41) is 4.48. The summed E-state index contributed by atoms with van der Waals surface area (Å²) in [6.07, 6.45) is 0. The van der Waals surface area contributed by atoms with E-state index in [0.717, 1.165) is 60.9 Å². The number of anilines is 3. The molecule has 61 heavy (non-hydrogen) atoms. The van der Waals surface area contributed by atoms with Crippen molar-refractivity contribution in [1.82, 2.24) is 0 Å². The van der Waals surface area contributed by atoms with Gasteiger partial charge in [0.15, 0.2) is 0 Å². The SMILES string of the molecule is c1ccc(-c2ccc(N(c3ccc4c(c3)C(c3ccccc3)(c3ccccc3)c3ccccc3-4)c3ccc4c(oc5c6ccccc6ccc45)c3-c3ccccc3)cc2)cc1. The van der Waals surface area contributed by atoms with Gasteiger partial charge >= 0.3 is 0 Å². The lowest BCUT2D eigenvalue weighted by Gasteiger charge is -2.35. The minimum Gasteiger partial charge on any atom is -0.455 e. The third-order valence-corrected chi connectivity index (χ3v) is 12.7. The predicted octanol–water partition coefficient (Wildman–Crippen LogP) is 15.9. The second-order valence-electron chi connectivity index (χ2n) is 16.0. The molecule has 0 unspecified atom stereocenters. The maximum absolute atomic E-state index is 7.13. The van der Waals surface area contributed by atoms with E-state index in [1.807, 2.05) is 0 Å². The van der Waals surface area contributed by atoms with Crippen molar-refractivity contribution in [3.8, 4) is 33.4 Å². The Labute approximate surface area is 355 Å². The zero-order valence-corrected chi connectivity index (χ0v) is 33.4. The highest BCUT2D eigenvalue weighted by atomic mass is 16.3. The number of hydrogen-bond acceptors (Lipinski definition) is 2. The minimum atomic E-state index is -0.542. The molecule has 0 atom stereocenters. The molecule has 0 fully saturated rings. The van der Waals surface area contributed by atoms with Crippen molar-refractivity contribution in [3.05, 3.63) is 259 Å². The second kappa shape index (κ2) is 14.1. The lowest BCUT2D eigenvalue weighted by Crippen LogP contribution is -2.28. The highest BCUT2D eigenvalue weighted by Gasteiger charge is 2.46. The monoisotopic (exact) mass is 777 g/mol. The van der Waals surface area contributed by atoms with Crippen molar-refractivity contribution in [2.45, 2.75) is 5.41 Å². The molecule has 2 heteroatoms. The third-order valence-electron chi connectivity index (χ3n) is 12.7. The molecule has 11 aromatic rings. The van der Waals surface area contributed by atoms with E-state index in [1.165, 1.54) is 44.5 Å². The fraction of sp³-hybridized carbons (Fsp3) is 0.0169. The van der Waals surface area contributed by atoms with Crippen molar-refractivity contribution in [2.75, 3.05) is 4.90 Å². The minimum absolute atomic E-state index is 0.542. The van der Waals surface area contributed by atoms with Gasteiger partial charge in [0.25, 0.3) is 0 Å². The summed E-state index contributed by atoms with van der Waals surface area (Å²) in [4.78, 5) is 2.44. The molecule has 0 N–H and O–H groups in total. The molecule has 0 saturated carbocycles. The third kappa shape index (κ3) is 5.43. The average molecular weight is 778 g/mol. The van der Waals surface area contributed by atoms with Gasteiger partial charge in [-0.25, -0.2) is 0 Å². The summed E-state index contributed by atoms with van der Waals surface area (Å²) in [5.41, 5.74) is 16.4. The van der Waals surface area contributed by atoms with Crippen molar-refractivity contribution >= 4 is 49.8 Å². The molecule has 1 aliphatic rings. The van der Waals surface area contributed by atoms with Gasteiger partial charge in [-0.05, 0) is 97.9 Å². The summed E-state index contributed by atoms with van der Waals surface area (Å²) in [5.74, 6) is 0. The molecular formula is C59H39NO. The lowest BCUT2D eigenvalue weighted by molar-refractivity contribution is 0.674. The first-order chi connectivity index (χ1) is 30.3. The van der Waals surface area contributed by atoms with Crippen LogP contribution in [0.3, 0.4) is 0 Å². The van der Waals surface area contributed by atoms with Crippen LogP contribution in [0.1, 0.15) is 22.3 Å². The van der Waals surface area contributed by atoms with E-state index in [0.29, 0.717) is 0 Å². The van der Waals surface area contributed by atoms with Crippen LogP contribution in [0.4, 0.5) is 17.1 Å². The lowest BCUT2D eigenvalue weighted by atomic mass is 9.67. The van der Waals surface area contributed by atoms with Gasteiger partial charge in [-0.15, -0.1) is 0 Å². The molecule has 286 valence electrons. The van der Waals surface area contributed by atoms with Crippen LogP contribution in [0.25, 0.3) is 66.1 Å². The zero-order chi connectivity index (χ0) is 40.3. The van der Waals surface area contributed by atoms with Crippen LogP contribution >= 0.6 is 0 Å². The van der Waals surface area contributed by atoms with Gasteiger partial charge in [-0.3, -0.25) is 0 Å². The Morgan fingerprint density at radius 2 is 0.885 bits per heavy atom. The van der Waals surface area contributed by atoms with Crippen LogP contribution in [0.2, 0.25) is 0 Å². The largest absolute Gasteiger partial charge is 0.455 e. The normalized spacial score (nSPS) is 12.7. The van der Waals surface area contributed by atoms with Crippen molar-refractivity contribution in [1.29, 1.82) is 0 Å². The number of nitrogens with zero attached hydrogens (tertiary/aromatic N) is 1. The highest BCUT2D eigenvalue weighted by Crippen LogP contribution is 2.58. The molecular weight excluding hydrogens is 739 g/mol. The van der Waals surface area contributed by atoms with E-state index in [-0.39, 0.29) is 0 Å². The zero-order valence-electron chi connectivity index (χ0n) is 33.4. The fourth-order valence-electron chi connectivity index (χ4n) is 10.1. The molecule has 12 rings (SSSR count). The number of benzene rings is 10. The van der Waals surface area contributed by atoms with Crippen molar-refractivity contribution in [3.63, 3.8) is 0 Å². The Balaban J connectivity index is 1.16. The quantitative estimate of drug-likeness (QED) is 0.160. The molecule has 0 radical (unpaired) electrons. The molecule has 0 bridgehead atoms. The molecule has 0 amide bonds. The van der Waals surface area contributed by atoms with Gasteiger partial charge in [-0.1, -0.05) is 194 Å². The summed E-state index contributed by atoms with van der Waals surface area (Å²) in [6, 6.07) is 85.9. The molecule has 0 saturated heterocycles. The van der Waals surface area contributed by atoms with Gasteiger partial charge in [-0.2, -0.15) is 0 Å². The smallest absolute Gasteiger partial charge is 0.145 e. The Morgan fingerprint density at radius 1 is 0.344 bits per heavy atom. The molecule has 0 spiro atoms. The first kappa shape index (κ1) is 35.0. The number of fused-ring (bicyclic) bond motifs is 8. The van der Waals surface area contributed by atoms with Crippen LogP contribution in [-0.4, -0.2) is 0 Å². The van der Waals surface area contributed by atoms with Crippen molar-refractivity contribution < 1.29 is 4.42 Å². The van der Waals surface area contributed by atoms with E-state index in [2.05, 4.69) is 241 Å². The molecule has 1 heterocycles. The maximum atomic E-state index is 7.13. The average Bonchev–Trinajstić information content (AvgIpc) is 3.87. The van der Waals surface area contributed by atoms with Gasteiger partial charge in [0.2, 0.25) is 0 Å². The Bertz CT molecular complexity index is 3350. The van der Waals surface area contributed by atoms with E-state index in [4.69, 9.17) is 4.42 Å². The van der Waals surface area contributed by atoms with Gasteiger partial charge in [0, 0.05) is 33.1 Å². The highest BCUT2D eigenvalue weighted by molar-refractivity contribution is 6.19. The van der Waals surface area contributed by atoms with Gasteiger partial charge < -0.3 is 9.32 Å². The standard InChI is InChI=1S/C59H39NO/c1-5-17-40(18-6-1)41-29-32-46(33-30-41)60(55-38-37-52-51-35-31-42-19-13-14-26-48(42)57(51)61-58(52)56(55)43-20-7-2-8-21-43)47-34-36-50-49-27-15-16-28-53(49)59(54(50)39-47,44-22-9-3-10-23-44)45-24-11-4-12-25-45/h1-39H. The van der Waals surface area contributed by atoms with E-state index in [1.54, 1.807) is 0 Å². The number of furan rings is 1. The van der Waals surface area contributed by atoms with Gasteiger partial charge in [0.1, 0.15) is 11.2 Å². The Kier molecular flexibility index (Phi) is 8.11. The van der Waals surface area contributed by atoms with E-state index >= 15 is 0 Å². The topological polar surface area (TPSA) is 16.4 Å². The summed E-state index contributed by atoms with van der Waals surface area (Å²) in [6.45, 7) is 0. The second-order valence-corrected chi connectivity index (χ2v) is 16.0. The van der Waals surface area contributed by atoms with Crippen LogP contribution < -0.4 is 4.90 Å². The molecule has 10 aromatic carbocycles. The fourth-order valence-corrected chi connectivity index (χ4v) is 10.1. The Morgan fingerprint density at radius 3 is 1.61 bits per heavy atom. The molecule has 1 aromatic heterocycles. The van der Waals surface area contributed by atoms with Crippen LogP contribution in [0, 0.1) is 0 Å². The maximum Gasteiger partial charge on any atom is 0.145 e. The van der Waals surface area contributed by atoms with Crippen LogP contribution in [-0.2, 0) is 5.41 Å². The van der Waals surface area contributed by atoms with Crippen LogP contribution in [0.5, 0.6) is 0 Å². The molecule has 2 nitrogen and oxygen atoms in total. The van der Waals surface area contributed by atoms with E-state index < -0.39 is 5.41 Å². The van der Waals surface area contributed by atoms with Gasteiger partial charge in [0.05, 0.1) is 11.1 Å². The van der Waals surface area contributed by atoms with Crippen LogP contribution in [0.15, 0.2) is 241 Å². The Hall–Kier alpha value is -7.94. The predicted molar refractivity (Wildman–Crippen MR) is 254 cm³/mol. The number of rotatable bonds is 7. The number of hydrogen-bond donors (Lipinski definition) is 0. The van der Waals surface area contributed by atoms with E-state index in [9.17, 15) is 0 Å². The van der Waals surface area contributed by atoms with Crippen molar-refractivity contribution in [2.24, 2.45) is 0 Å². The summed E-state index contributed by atoms with van der Waals surface area (Å²) < 4.78 is 7.13. The molecule has 0 aliphatic heterocycles. The first-order valence-corrected chi connectivity index (χ1v) is 21.0. The molecule has 1 aliphatic carbocycles. The first-order valence-electron chi connectivity index (χ1n) is 21.0.